The molecule has 1 N–H and O–H groups in total. The molecule has 0 bridgehead atoms. The van der Waals surface area contributed by atoms with Crippen LogP contribution >= 0.6 is 0 Å². The zero-order chi connectivity index (χ0) is 11.8. The second-order valence-corrected chi connectivity index (χ2v) is 4.86. The smallest absolute Gasteiger partial charge is 0.333 e. The lowest BCUT2D eigenvalue weighted by Crippen LogP contribution is -2.27. The molecular formula is C13H16O3. The summed E-state index contributed by atoms with van der Waals surface area (Å²) in [6.07, 6.45) is 0.0194. The summed E-state index contributed by atoms with van der Waals surface area (Å²) in [5, 5.41) is 9.15. The van der Waals surface area contributed by atoms with E-state index in [1.54, 1.807) is 0 Å². The number of aliphatic carboxylic acids is 1. The van der Waals surface area contributed by atoms with Crippen LogP contribution in [0.3, 0.4) is 0 Å². The van der Waals surface area contributed by atoms with Gasteiger partial charge >= 0.3 is 5.97 Å². The Labute approximate surface area is 95.0 Å². The van der Waals surface area contributed by atoms with Crippen LogP contribution in [-0.2, 0) is 9.53 Å². The molecule has 2 unspecified atom stereocenters. The van der Waals surface area contributed by atoms with E-state index < -0.39 is 12.1 Å². The first-order chi connectivity index (χ1) is 7.49. The molecule has 1 fully saturated rings. The first-order valence-electron chi connectivity index (χ1n) is 5.45. The zero-order valence-corrected chi connectivity index (χ0v) is 9.51. The van der Waals surface area contributed by atoms with Crippen molar-refractivity contribution in [3.8, 4) is 0 Å². The molecular weight excluding hydrogens is 204 g/mol. The maximum Gasteiger partial charge on any atom is 0.333 e. The molecule has 1 aliphatic rings. The number of hydrogen-bond donors (Lipinski definition) is 1. The van der Waals surface area contributed by atoms with Gasteiger partial charge in [0, 0.05) is 5.92 Å². The Morgan fingerprint density at radius 3 is 2.56 bits per heavy atom. The summed E-state index contributed by atoms with van der Waals surface area (Å²) in [4.78, 5) is 11.1. The molecule has 0 aromatic heterocycles. The molecule has 1 aliphatic heterocycles. The van der Waals surface area contributed by atoms with E-state index in [4.69, 9.17) is 9.84 Å². The van der Waals surface area contributed by atoms with Gasteiger partial charge in [-0.3, -0.25) is 0 Å². The van der Waals surface area contributed by atoms with Crippen molar-refractivity contribution >= 4 is 5.97 Å². The fourth-order valence-corrected chi connectivity index (χ4v) is 2.33. The van der Waals surface area contributed by atoms with Gasteiger partial charge in [-0.2, -0.15) is 0 Å². The molecule has 86 valence electrons. The first-order valence-corrected chi connectivity index (χ1v) is 5.45. The maximum atomic E-state index is 11.1. The largest absolute Gasteiger partial charge is 0.479 e. The average Bonchev–Trinajstić information content (AvgIpc) is 2.56. The van der Waals surface area contributed by atoms with E-state index in [2.05, 4.69) is 0 Å². The van der Waals surface area contributed by atoms with Crippen LogP contribution in [0.15, 0.2) is 30.3 Å². The van der Waals surface area contributed by atoms with Crippen molar-refractivity contribution in [3.63, 3.8) is 0 Å². The summed E-state index contributed by atoms with van der Waals surface area (Å²) < 4.78 is 5.58. The highest BCUT2D eigenvalue weighted by Gasteiger charge is 2.44. The third kappa shape index (κ3) is 2.09. The van der Waals surface area contributed by atoms with Crippen LogP contribution < -0.4 is 0 Å². The summed E-state index contributed by atoms with van der Waals surface area (Å²) in [5.74, 6) is -0.923. The minimum atomic E-state index is -0.876. The summed E-state index contributed by atoms with van der Waals surface area (Å²) in [5.41, 5.74) is 0.685. The third-order valence-corrected chi connectivity index (χ3v) is 2.99. The number of carboxylic acids is 1. The van der Waals surface area contributed by atoms with E-state index in [1.807, 2.05) is 44.2 Å². The minimum Gasteiger partial charge on any atom is -0.479 e. The minimum absolute atomic E-state index is 0.0475. The molecule has 1 heterocycles. The van der Waals surface area contributed by atoms with Crippen molar-refractivity contribution in [2.45, 2.75) is 37.9 Å². The van der Waals surface area contributed by atoms with Crippen LogP contribution in [0.4, 0.5) is 0 Å². The van der Waals surface area contributed by atoms with Gasteiger partial charge in [-0.05, 0) is 25.8 Å². The van der Waals surface area contributed by atoms with Crippen molar-refractivity contribution in [2.24, 2.45) is 0 Å². The van der Waals surface area contributed by atoms with Gasteiger partial charge in [-0.25, -0.2) is 4.79 Å². The molecule has 16 heavy (non-hydrogen) atoms. The van der Waals surface area contributed by atoms with E-state index in [0.29, 0.717) is 0 Å². The lowest BCUT2D eigenvalue weighted by molar-refractivity contribution is -0.153. The molecule has 0 amide bonds. The Kier molecular flexibility index (Phi) is 2.72. The highest BCUT2D eigenvalue weighted by Crippen LogP contribution is 2.40. The van der Waals surface area contributed by atoms with Crippen LogP contribution in [0, 0.1) is 0 Å². The fourth-order valence-electron chi connectivity index (χ4n) is 2.33. The van der Waals surface area contributed by atoms with E-state index >= 15 is 0 Å². The Balaban J connectivity index is 2.29. The molecule has 3 heteroatoms. The molecule has 0 radical (unpaired) electrons. The van der Waals surface area contributed by atoms with Gasteiger partial charge in [0.15, 0.2) is 6.10 Å². The van der Waals surface area contributed by atoms with Crippen molar-refractivity contribution in [2.75, 3.05) is 0 Å². The van der Waals surface area contributed by atoms with Crippen LogP contribution in [0.5, 0.6) is 0 Å². The second-order valence-electron chi connectivity index (χ2n) is 4.86. The lowest BCUT2D eigenvalue weighted by atomic mass is 9.88. The third-order valence-electron chi connectivity index (χ3n) is 2.99. The molecule has 2 atom stereocenters. The van der Waals surface area contributed by atoms with Crippen molar-refractivity contribution < 1.29 is 14.6 Å². The number of rotatable bonds is 2. The van der Waals surface area contributed by atoms with E-state index in [0.717, 1.165) is 12.0 Å². The molecule has 1 aromatic rings. The normalized spacial score (nSPS) is 27.9. The average molecular weight is 220 g/mol. The number of carboxylic acid groups (broad SMARTS) is 1. The Morgan fingerprint density at radius 2 is 2.00 bits per heavy atom. The summed E-state index contributed by atoms with van der Waals surface area (Å²) in [6.45, 7) is 3.87. The Hall–Kier alpha value is -1.35. The first kappa shape index (κ1) is 11.1. The van der Waals surface area contributed by atoms with Gasteiger partial charge in [0.25, 0.3) is 0 Å². The van der Waals surface area contributed by atoms with E-state index in [9.17, 15) is 4.79 Å². The SMILES string of the molecule is CC1(C)CC(c2ccccc2)C(C(=O)O)O1. The standard InChI is InChI=1S/C13H16O3/c1-13(2)8-10(11(16-13)12(14)15)9-6-4-3-5-7-9/h3-7,10-11H,8H2,1-2H3,(H,14,15). The van der Waals surface area contributed by atoms with Gasteiger partial charge in [-0.1, -0.05) is 30.3 Å². The van der Waals surface area contributed by atoms with Gasteiger partial charge in [0.2, 0.25) is 0 Å². The van der Waals surface area contributed by atoms with Crippen molar-refractivity contribution in [1.82, 2.24) is 0 Å². The molecule has 0 spiro atoms. The summed E-state index contributed by atoms with van der Waals surface area (Å²) in [7, 11) is 0. The van der Waals surface area contributed by atoms with Gasteiger partial charge in [0.1, 0.15) is 0 Å². The predicted molar refractivity (Wildman–Crippen MR) is 60.4 cm³/mol. The summed E-state index contributed by atoms with van der Waals surface area (Å²) in [6, 6.07) is 9.72. The fraction of sp³-hybridized carbons (Fsp3) is 0.462. The molecule has 3 nitrogen and oxygen atoms in total. The Bertz CT molecular complexity index is 383. The number of ether oxygens (including phenoxy) is 1. The second kappa shape index (κ2) is 3.91. The number of carbonyl (C=O) groups is 1. The van der Waals surface area contributed by atoms with Gasteiger partial charge < -0.3 is 9.84 Å². The highest BCUT2D eigenvalue weighted by atomic mass is 16.5. The molecule has 2 rings (SSSR count). The predicted octanol–water partition coefficient (Wildman–Crippen LogP) is 2.42. The van der Waals surface area contributed by atoms with Crippen molar-refractivity contribution in [1.29, 1.82) is 0 Å². The number of hydrogen-bond acceptors (Lipinski definition) is 2. The summed E-state index contributed by atoms with van der Waals surface area (Å²) >= 11 is 0. The molecule has 1 aromatic carbocycles. The molecule has 1 saturated heterocycles. The maximum absolute atomic E-state index is 11.1. The van der Waals surface area contributed by atoms with Crippen LogP contribution in [0.2, 0.25) is 0 Å². The highest BCUT2D eigenvalue weighted by molar-refractivity contribution is 5.74. The van der Waals surface area contributed by atoms with Gasteiger partial charge in [-0.15, -0.1) is 0 Å². The van der Waals surface area contributed by atoms with E-state index in [1.165, 1.54) is 0 Å². The molecule has 0 saturated carbocycles. The lowest BCUT2D eigenvalue weighted by Gasteiger charge is -2.16. The molecule has 0 aliphatic carbocycles. The number of benzene rings is 1. The quantitative estimate of drug-likeness (QED) is 0.832. The van der Waals surface area contributed by atoms with Crippen LogP contribution in [-0.4, -0.2) is 22.8 Å². The van der Waals surface area contributed by atoms with E-state index in [-0.39, 0.29) is 11.5 Å². The van der Waals surface area contributed by atoms with Crippen LogP contribution in [0.1, 0.15) is 31.7 Å². The Morgan fingerprint density at radius 1 is 1.38 bits per heavy atom. The van der Waals surface area contributed by atoms with Gasteiger partial charge in [0.05, 0.1) is 5.60 Å². The zero-order valence-electron chi connectivity index (χ0n) is 9.51. The van der Waals surface area contributed by atoms with Crippen molar-refractivity contribution in [3.05, 3.63) is 35.9 Å². The van der Waals surface area contributed by atoms with Crippen LogP contribution in [0.25, 0.3) is 0 Å². The topological polar surface area (TPSA) is 46.5 Å². The monoisotopic (exact) mass is 220 g/mol.